The van der Waals surface area contributed by atoms with Gasteiger partial charge in [0.15, 0.2) is 0 Å². The third-order valence-corrected chi connectivity index (χ3v) is 3.22. The number of hydrogen-bond donors (Lipinski definition) is 0. The monoisotopic (exact) mass is 213 g/mol. The molecule has 2 nitrogen and oxygen atoms in total. The summed E-state index contributed by atoms with van der Waals surface area (Å²) >= 11 is 0. The van der Waals surface area contributed by atoms with Gasteiger partial charge < -0.3 is 9.64 Å². The summed E-state index contributed by atoms with van der Waals surface area (Å²) in [6.07, 6.45) is 10.1. The minimum absolute atomic E-state index is 0.509. The number of nitrogens with zero attached hydrogens (tertiary/aromatic N) is 1. The maximum atomic E-state index is 5.73. The number of hydrogen-bond acceptors (Lipinski definition) is 2. The highest BCUT2D eigenvalue weighted by molar-refractivity contribution is 4.68. The Hall–Kier alpha value is -0.0800. The molecule has 0 saturated carbocycles. The molecule has 2 heteroatoms. The summed E-state index contributed by atoms with van der Waals surface area (Å²) in [5.74, 6) is 0. The molecule has 1 aliphatic rings. The zero-order valence-electron chi connectivity index (χ0n) is 10.5. The van der Waals surface area contributed by atoms with Crippen LogP contribution in [0, 0.1) is 0 Å². The Kier molecular flexibility index (Phi) is 7.03. The molecule has 1 fully saturated rings. The van der Waals surface area contributed by atoms with Crippen molar-refractivity contribution in [2.45, 2.75) is 58.0 Å². The van der Waals surface area contributed by atoms with Gasteiger partial charge in [-0.2, -0.15) is 0 Å². The van der Waals surface area contributed by atoms with Crippen LogP contribution in [-0.2, 0) is 4.74 Å². The normalized spacial score (nSPS) is 23.2. The second-order valence-electron chi connectivity index (χ2n) is 4.81. The Morgan fingerprint density at radius 3 is 2.60 bits per heavy atom. The average Bonchev–Trinajstić information content (AvgIpc) is 2.23. The van der Waals surface area contributed by atoms with Gasteiger partial charge in [-0.05, 0) is 13.5 Å². The lowest BCUT2D eigenvalue weighted by atomic mass is 10.1. The molecule has 0 amide bonds. The maximum Gasteiger partial charge on any atom is 0.0702 e. The van der Waals surface area contributed by atoms with Crippen molar-refractivity contribution < 1.29 is 4.74 Å². The van der Waals surface area contributed by atoms with Gasteiger partial charge in [0.2, 0.25) is 0 Å². The second kappa shape index (κ2) is 8.12. The van der Waals surface area contributed by atoms with Crippen molar-refractivity contribution in [3.8, 4) is 0 Å². The number of unbranched alkanes of at least 4 members (excludes halogenated alkanes) is 5. The summed E-state index contributed by atoms with van der Waals surface area (Å²) in [4.78, 5) is 2.38. The third kappa shape index (κ3) is 6.16. The van der Waals surface area contributed by atoms with Crippen LogP contribution in [0.1, 0.15) is 51.9 Å². The number of likely N-dealkylation sites (N-methyl/N-ethyl adjacent to an activating group) is 1. The third-order valence-electron chi connectivity index (χ3n) is 3.22. The van der Waals surface area contributed by atoms with Crippen LogP contribution in [0.4, 0.5) is 0 Å². The molecule has 0 aromatic carbocycles. The fraction of sp³-hybridized carbons (Fsp3) is 1.00. The van der Waals surface area contributed by atoms with Gasteiger partial charge >= 0.3 is 0 Å². The lowest BCUT2D eigenvalue weighted by molar-refractivity contribution is -0.0242. The van der Waals surface area contributed by atoms with Crippen LogP contribution in [0.15, 0.2) is 0 Å². The lowest BCUT2D eigenvalue weighted by Gasteiger charge is -2.30. The molecule has 0 spiro atoms. The van der Waals surface area contributed by atoms with E-state index in [0.29, 0.717) is 6.10 Å². The Morgan fingerprint density at radius 2 is 1.87 bits per heavy atom. The van der Waals surface area contributed by atoms with Gasteiger partial charge in [0.1, 0.15) is 0 Å². The smallest absolute Gasteiger partial charge is 0.0702 e. The van der Waals surface area contributed by atoms with Crippen molar-refractivity contribution in [2.24, 2.45) is 0 Å². The van der Waals surface area contributed by atoms with Crippen LogP contribution in [0.2, 0.25) is 0 Å². The Bertz CT molecular complexity index is 149. The van der Waals surface area contributed by atoms with Gasteiger partial charge in [0.25, 0.3) is 0 Å². The van der Waals surface area contributed by atoms with Gasteiger partial charge in [0, 0.05) is 13.1 Å². The Morgan fingerprint density at radius 1 is 1.13 bits per heavy atom. The van der Waals surface area contributed by atoms with E-state index in [-0.39, 0.29) is 0 Å². The maximum absolute atomic E-state index is 5.73. The summed E-state index contributed by atoms with van der Waals surface area (Å²) in [6.45, 7) is 5.44. The topological polar surface area (TPSA) is 12.5 Å². The first-order chi connectivity index (χ1) is 7.33. The predicted molar refractivity (Wildman–Crippen MR) is 65.2 cm³/mol. The molecule has 0 aromatic heterocycles. The van der Waals surface area contributed by atoms with Crippen molar-refractivity contribution in [3.63, 3.8) is 0 Å². The van der Waals surface area contributed by atoms with E-state index in [9.17, 15) is 0 Å². The van der Waals surface area contributed by atoms with Crippen LogP contribution in [0.5, 0.6) is 0 Å². The standard InChI is InChI=1S/C13H27NO/c1-3-4-5-6-7-8-9-13-12-14(2)10-11-15-13/h13H,3-12H2,1-2H3/t13-/m1/s1. The van der Waals surface area contributed by atoms with Gasteiger partial charge in [-0.1, -0.05) is 45.4 Å². The van der Waals surface area contributed by atoms with Crippen LogP contribution < -0.4 is 0 Å². The summed E-state index contributed by atoms with van der Waals surface area (Å²) in [5.41, 5.74) is 0. The van der Waals surface area contributed by atoms with Gasteiger partial charge in [0.05, 0.1) is 12.7 Å². The van der Waals surface area contributed by atoms with Crippen LogP contribution in [0.25, 0.3) is 0 Å². The van der Waals surface area contributed by atoms with Crippen molar-refractivity contribution >= 4 is 0 Å². The number of ether oxygens (including phenoxy) is 1. The molecule has 0 aliphatic carbocycles. The summed E-state index contributed by atoms with van der Waals surface area (Å²) in [5, 5.41) is 0. The molecule has 90 valence electrons. The minimum Gasteiger partial charge on any atom is -0.376 e. The van der Waals surface area contributed by atoms with Gasteiger partial charge in [-0.25, -0.2) is 0 Å². The second-order valence-corrected chi connectivity index (χ2v) is 4.81. The van der Waals surface area contributed by atoms with Gasteiger partial charge in [-0.15, -0.1) is 0 Å². The molecule has 15 heavy (non-hydrogen) atoms. The fourth-order valence-corrected chi connectivity index (χ4v) is 2.19. The van der Waals surface area contributed by atoms with Crippen LogP contribution in [-0.4, -0.2) is 37.7 Å². The molecule has 0 aromatic rings. The molecule has 0 N–H and O–H groups in total. The Balaban J connectivity index is 1.90. The van der Waals surface area contributed by atoms with Crippen LogP contribution in [0.3, 0.4) is 0 Å². The molecule has 1 saturated heterocycles. The van der Waals surface area contributed by atoms with Crippen molar-refractivity contribution in [2.75, 3.05) is 26.7 Å². The van der Waals surface area contributed by atoms with Crippen molar-refractivity contribution in [3.05, 3.63) is 0 Å². The summed E-state index contributed by atoms with van der Waals surface area (Å²) in [6, 6.07) is 0. The van der Waals surface area contributed by atoms with E-state index < -0.39 is 0 Å². The van der Waals surface area contributed by atoms with Crippen LogP contribution >= 0.6 is 0 Å². The van der Waals surface area contributed by atoms with E-state index in [0.717, 1.165) is 19.7 Å². The van der Waals surface area contributed by atoms with E-state index in [1.54, 1.807) is 0 Å². The zero-order chi connectivity index (χ0) is 10.9. The zero-order valence-corrected chi connectivity index (χ0v) is 10.5. The molecule has 1 aliphatic heterocycles. The largest absolute Gasteiger partial charge is 0.376 e. The quantitative estimate of drug-likeness (QED) is 0.603. The number of rotatable bonds is 7. The van der Waals surface area contributed by atoms with Crippen molar-refractivity contribution in [1.82, 2.24) is 4.90 Å². The summed E-state index contributed by atoms with van der Waals surface area (Å²) in [7, 11) is 2.19. The molecule has 0 unspecified atom stereocenters. The highest BCUT2D eigenvalue weighted by atomic mass is 16.5. The molecular weight excluding hydrogens is 186 g/mol. The van der Waals surface area contributed by atoms with E-state index in [2.05, 4.69) is 18.9 Å². The molecular formula is C13H27NO. The fourth-order valence-electron chi connectivity index (χ4n) is 2.19. The first-order valence-electron chi connectivity index (χ1n) is 6.63. The Labute approximate surface area is 95.0 Å². The van der Waals surface area contributed by atoms with Gasteiger partial charge in [-0.3, -0.25) is 0 Å². The average molecular weight is 213 g/mol. The summed E-state index contributed by atoms with van der Waals surface area (Å²) < 4.78 is 5.73. The van der Waals surface area contributed by atoms with E-state index in [1.807, 2.05) is 0 Å². The van der Waals surface area contributed by atoms with E-state index in [4.69, 9.17) is 4.74 Å². The SMILES string of the molecule is CCCCCCCC[C@@H]1CN(C)CCO1. The highest BCUT2D eigenvalue weighted by Gasteiger charge is 2.16. The highest BCUT2D eigenvalue weighted by Crippen LogP contribution is 2.13. The molecule has 0 radical (unpaired) electrons. The number of morpholine rings is 1. The molecule has 1 rings (SSSR count). The molecule has 1 atom stereocenters. The molecule has 1 heterocycles. The minimum atomic E-state index is 0.509. The first kappa shape index (κ1) is 13.0. The van der Waals surface area contributed by atoms with Crippen molar-refractivity contribution in [1.29, 1.82) is 0 Å². The van der Waals surface area contributed by atoms with E-state index >= 15 is 0 Å². The lowest BCUT2D eigenvalue weighted by Crippen LogP contribution is -2.39. The predicted octanol–water partition coefficient (Wildman–Crippen LogP) is 3.07. The molecule has 0 bridgehead atoms. The first-order valence-corrected chi connectivity index (χ1v) is 6.63. The van der Waals surface area contributed by atoms with E-state index in [1.165, 1.54) is 44.9 Å².